The fourth-order valence-corrected chi connectivity index (χ4v) is 1.38. The quantitative estimate of drug-likeness (QED) is 0.567. The van der Waals surface area contributed by atoms with Crippen LogP contribution in [-0.2, 0) is 24.0 Å². The number of carbonyl (C=O) groups is 1. The molecule has 0 unspecified atom stereocenters. The second-order valence-electron chi connectivity index (χ2n) is 3.93. The van der Waals surface area contributed by atoms with Crippen LogP contribution in [0.15, 0.2) is 53.5 Å². The van der Waals surface area contributed by atoms with Crippen molar-refractivity contribution < 1.29 is 44.1 Å². The van der Waals surface area contributed by atoms with Gasteiger partial charge in [-0.15, -0.1) is 12.4 Å². The normalized spacial score (nSPS) is 9.09. The van der Waals surface area contributed by atoms with E-state index < -0.39 is 0 Å². The van der Waals surface area contributed by atoms with Crippen molar-refractivity contribution in [2.45, 2.75) is 0 Å². The van der Waals surface area contributed by atoms with E-state index in [-0.39, 0.29) is 54.2 Å². The molecule has 2 rings (SSSR count). The van der Waals surface area contributed by atoms with Crippen molar-refractivity contribution in [2.24, 2.45) is 4.99 Å². The summed E-state index contributed by atoms with van der Waals surface area (Å²) >= 11 is 0. The molecule has 123 valence electrons. The second-order valence-corrected chi connectivity index (χ2v) is 3.93. The molecular weight excluding hydrogens is 337 g/mol. The van der Waals surface area contributed by atoms with Crippen LogP contribution in [0, 0.1) is 0 Å². The summed E-state index contributed by atoms with van der Waals surface area (Å²) in [6, 6.07) is 12.7. The average molecular weight is 351 g/mol. The molecule has 6 nitrogen and oxygen atoms in total. The molecular formula is C16H14NO5V-5. The van der Waals surface area contributed by atoms with Gasteiger partial charge in [0.2, 0.25) is 0 Å². The zero-order chi connectivity index (χ0) is 15.5. The summed E-state index contributed by atoms with van der Waals surface area (Å²) in [6.07, 6.45) is 2.00. The third-order valence-electron chi connectivity index (χ3n) is 2.42. The second kappa shape index (κ2) is 13.5. The molecule has 0 bridgehead atoms. The molecule has 0 aliphatic carbocycles. The van der Waals surface area contributed by atoms with Crippen molar-refractivity contribution in [1.82, 2.24) is 0 Å². The van der Waals surface area contributed by atoms with Gasteiger partial charge in [-0.3, -0.25) is 9.79 Å². The molecule has 0 atom stereocenters. The van der Waals surface area contributed by atoms with E-state index in [1.807, 2.05) is 0 Å². The molecule has 0 aliphatic heterocycles. The van der Waals surface area contributed by atoms with Gasteiger partial charge in [-0.2, -0.15) is 0 Å². The van der Waals surface area contributed by atoms with Crippen LogP contribution in [0.2, 0.25) is 0 Å². The predicted molar refractivity (Wildman–Crippen MR) is 75.2 cm³/mol. The third-order valence-corrected chi connectivity index (χ3v) is 2.42. The zero-order valence-corrected chi connectivity index (χ0v) is 13.5. The van der Waals surface area contributed by atoms with Crippen molar-refractivity contribution >= 4 is 12.5 Å². The van der Waals surface area contributed by atoms with E-state index in [0.29, 0.717) is 11.8 Å². The Morgan fingerprint density at radius 2 is 1.39 bits per heavy atom. The minimum Gasteiger partial charge on any atom is -2.00 e. The van der Waals surface area contributed by atoms with Crippen LogP contribution >= 0.6 is 0 Å². The van der Waals surface area contributed by atoms with Crippen molar-refractivity contribution in [2.75, 3.05) is 13.2 Å². The molecule has 0 saturated carbocycles. The van der Waals surface area contributed by atoms with Crippen LogP contribution in [0.3, 0.4) is 0 Å². The van der Waals surface area contributed by atoms with Gasteiger partial charge in [-0.25, -0.2) is 0 Å². The maximum Gasteiger partial charge on any atom is 0.149 e. The van der Waals surface area contributed by atoms with Crippen molar-refractivity contribution in [3.63, 3.8) is 0 Å². The Morgan fingerprint density at radius 1 is 0.913 bits per heavy atom. The standard InChI is InChI=1S/C9H10NO2.C7H6O2.O.V/c11-6-5-10-7-8-3-1-2-4-9(8)12;8-5-6-3-1-2-4-7(6)9;;/h1-4,7,12H,5-6H2;1-5,9H;;/q-1;;-2;/p-2. The van der Waals surface area contributed by atoms with Crippen LogP contribution < -0.4 is 15.3 Å². The Morgan fingerprint density at radius 3 is 1.78 bits per heavy atom. The summed E-state index contributed by atoms with van der Waals surface area (Å²) in [4.78, 5) is 13.8. The number of rotatable bonds is 4. The van der Waals surface area contributed by atoms with Crippen molar-refractivity contribution in [3.8, 4) is 11.5 Å². The van der Waals surface area contributed by atoms with E-state index >= 15 is 0 Å². The summed E-state index contributed by atoms with van der Waals surface area (Å²) in [5.74, 6) is -0.278. The van der Waals surface area contributed by atoms with Crippen LogP contribution in [0.5, 0.6) is 11.5 Å². The minimum absolute atomic E-state index is 0. The van der Waals surface area contributed by atoms with Gasteiger partial charge < -0.3 is 20.8 Å². The topological polar surface area (TPSA) is 127 Å². The Labute approximate surface area is 146 Å². The summed E-state index contributed by atoms with van der Waals surface area (Å²) < 4.78 is 0. The van der Waals surface area contributed by atoms with E-state index in [9.17, 15) is 20.1 Å². The van der Waals surface area contributed by atoms with E-state index in [1.54, 1.807) is 30.3 Å². The molecule has 0 fully saturated rings. The molecule has 0 heterocycles. The third kappa shape index (κ3) is 8.80. The SMILES string of the molecule is O=Cc1ccccc1[O-].[O-2].[O-]CCN=Cc1ccccc1[O-].[V]. The number of aliphatic imine (C=N–C) groups is 1. The molecule has 0 aromatic heterocycles. The first kappa shape index (κ1) is 23.2. The molecule has 1 radical (unpaired) electrons. The molecule has 2 aromatic rings. The largest absolute Gasteiger partial charge is 2.00 e. The van der Waals surface area contributed by atoms with Gasteiger partial charge in [-0.05, 0) is 5.56 Å². The molecule has 0 N–H and O–H groups in total. The van der Waals surface area contributed by atoms with Gasteiger partial charge in [0, 0.05) is 36.9 Å². The van der Waals surface area contributed by atoms with Crippen molar-refractivity contribution in [1.29, 1.82) is 0 Å². The first-order valence-corrected chi connectivity index (χ1v) is 6.24. The number of nitrogens with zero attached hydrogens (tertiary/aromatic N) is 1. The van der Waals surface area contributed by atoms with Gasteiger partial charge in [0.05, 0.1) is 0 Å². The monoisotopic (exact) mass is 351 g/mol. The van der Waals surface area contributed by atoms with E-state index in [0.717, 1.165) is 0 Å². The first-order chi connectivity index (χ1) is 10.2. The van der Waals surface area contributed by atoms with Crippen molar-refractivity contribution in [3.05, 3.63) is 59.7 Å². The van der Waals surface area contributed by atoms with E-state index in [1.165, 1.54) is 24.4 Å². The van der Waals surface area contributed by atoms with Crippen LogP contribution in [0.4, 0.5) is 0 Å². The van der Waals surface area contributed by atoms with Gasteiger partial charge >= 0.3 is 0 Å². The number of hydrogen-bond donors (Lipinski definition) is 0. The molecule has 0 spiro atoms. The van der Waals surface area contributed by atoms with Crippen LogP contribution in [-0.4, -0.2) is 25.7 Å². The van der Waals surface area contributed by atoms with Gasteiger partial charge in [0.1, 0.15) is 6.29 Å². The number of para-hydroxylation sites is 2. The maximum atomic E-state index is 11.0. The summed E-state index contributed by atoms with van der Waals surface area (Å²) in [5.41, 5.74) is 0.753. The maximum absolute atomic E-state index is 11.0. The smallest absolute Gasteiger partial charge is 0.149 e. The van der Waals surface area contributed by atoms with Crippen LogP contribution in [0.1, 0.15) is 15.9 Å². The van der Waals surface area contributed by atoms with E-state index in [4.69, 9.17) is 0 Å². The van der Waals surface area contributed by atoms with Gasteiger partial charge in [0.25, 0.3) is 0 Å². The number of hydrogen-bond acceptors (Lipinski definition) is 5. The average Bonchev–Trinajstić information content (AvgIpc) is 2.51. The first-order valence-electron chi connectivity index (χ1n) is 6.24. The fourth-order valence-electron chi connectivity index (χ4n) is 1.38. The number of aldehydes is 1. The Balaban J connectivity index is 0. The minimum atomic E-state index is -0.239. The zero-order valence-electron chi connectivity index (χ0n) is 12.1. The molecule has 23 heavy (non-hydrogen) atoms. The summed E-state index contributed by atoms with van der Waals surface area (Å²) in [5, 5.41) is 31.7. The Kier molecular flexibility index (Phi) is 13.6. The Hall–Kier alpha value is -2.12. The molecule has 7 heteroatoms. The summed E-state index contributed by atoms with van der Waals surface area (Å²) in [7, 11) is 0. The molecule has 2 aromatic carbocycles. The predicted octanol–water partition coefficient (Wildman–Crippen LogP) is -0.00920. The molecule has 0 amide bonds. The Bertz CT molecular complexity index is 605. The number of carbonyl (C=O) groups excluding carboxylic acids is 1. The summed E-state index contributed by atoms with van der Waals surface area (Å²) in [6.45, 7) is -0.00808. The van der Waals surface area contributed by atoms with E-state index in [2.05, 4.69) is 4.99 Å². The molecule has 0 saturated heterocycles. The van der Waals surface area contributed by atoms with Crippen LogP contribution in [0.25, 0.3) is 0 Å². The van der Waals surface area contributed by atoms with Gasteiger partial charge in [-0.1, -0.05) is 54.3 Å². The fraction of sp³-hybridized carbons (Fsp3) is 0.125. The number of benzene rings is 2. The molecule has 0 aliphatic rings. The van der Waals surface area contributed by atoms with Gasteiger partial charge in [0.15, 0.2) is 0 Å².